The number of fused-ring (bicyclic) bond motifs is 1. The lowest BCUT2D eigenvalue weighted by Gasteiger charge is -2.02. The second kappa shape index (κ2) is 5.23. The zero-order valence-corrected chi connectivity index (χ0v) is 12.1. The van der Waals surface area contributed by atoms with Gasteiger partial charge in [0.15, 0.2) is 0 Å². The molecule has 2 aromatic rings. The van der Waals surface area contributed by atoms with Gasteiger partial charge in [-0.05, 0) is 50.1 Å². The molecule has 17 heavy (non-hydrogen) atoms. The highest BCUT2D eigenvalue weighted by Crippen LogP contribution is 2.31. The van der Waals surface area contributed by atoms with E-state index in [1.807, 2.05) is 0 Å². The third-order valence-electron chi connectivity index (χ3n) is 2.96. The van der Waals surface area contributed by atoms with E-state index in [9.17, 15) is 0 Å². The number of hydrogen-bond donors (Lipinski definition) is 1. The summed E-state index contributed by atoms with van der Waals surface area (Å²) in [4.78, 5) is 0. The predicted octanol–water partition coefficient (Wildman–Crippen LogP) is 4.31. The van der Waals surface area contributed by atoms with Crippen LogP contribution in [0.2, 0.25) is 0 Å². The van der Waals surface area contributed by atoms with Crippen LogP contribution >= 0.6 is 15.9 Å². The van der Waals surface area contributed by atoms with Crippen molar-refractivity contribution in [1.82, 2.24) is 5.32 Å². The van der Waals surface area contributed by atoms with E-state index in [4.69, 9.17) is 4.42 Å². The number of rotatable bonds is 4. The van der Waals surface area contributed by atoms with Crippen molar-refractivity contribution in [3.63, 3.8) is 0 Å². The van der Waals surface area contributed by atoms with Gasteiger partial charge in [-0.3, -0.25) is 0 Å². The molecule has 0 aliphatic rings. The van der Waals surface area contributed by atoms with Gasteiger partial charge in [0.2, 0.25) is 0 Å². The van der Waals surface area contributed by atoms with E-state index in [0.717, 1.165) is 30.9 Å². The van der Waals surface area contributed by atoms with Gasteiger partial charge in [0, 0.05) is 9.86 Å². The molecule has 2 nitrogen and oxygen atoms in total. The van der Waals surface area contributed by atoms with Crippen LogP contribution in [0.3, 0.4) is 0 Å². The molecule has 0 unspecified atom stereocenters. The fourth-order valence-corrected chi connectivity index (χ4v) is 2.34. The predicted molar refractivity (Wildman–Crippen MR) is 75.4 cm³/mol. The molecule has 0 amide bonds. The van der Waals surface area contributed by atoms with Crippen LogP contribution in [-0.2, 0) is 6.54 Å². The van der Waals surface area contributed by atoms with E-state index in [1.54, 1.807) is 0 Å². The second-order valence-corrected chi connectivity index (χ2v) is 5.23. The molecule has 0 bridgehead atoms. The molecular weight excluding hydrogens is 278 g/mol. The zero-order chi connectivity index (χ0) is 12.4. The highest BCUT2D eigenvalue weighted by Gasteiger charge is 2.10. The summed E-state index contributed by atoms with van der Waals surface area (Å²) >= 11 is 3.62. The summed E-state index contributed by atoms with van der Waals surface area (Å²) in [6, 6.07) is 4.23. The Kier molecular flexibility index (Phi) is 3.89. The third-order valence-corrected chi connectivity index (χ3v) is 4.19. The first-order valence-corrected chi connectivity index (χ1v) is 6.81. The Bertz CT molecular complexity index is 530. The van der Waals surface area contributed by atoms with E-state index in [1.165, 1.54) is 21.0 Å². The molecule has 2 rings (SSSR count). The summed E-state index contributed by atoms with van der Waals surface area (Å²) in [7, 11) is 0. The van der Waals surface area contributed by atoms with Crippen LogP contribution < -0.4 is 5.32 Å². The normalized spacial score (nSPS) is 11.3. The average molecular weight is 296 g/mol. The standard InChI is InChI=1S/C14H18BrNO/c1-4-5-16-8-11-7-12-10(3)14(15)9(2)6-13(12)17-11/h6-7,16H,4-5,8H2,1-3H3. The van der Waals surface area contributed by atoms with E-state index in [0.29, 0.717) is 0 Å². The summed E-state index contributed by atoms with van der Waals surface area (Å²) in [5, 5.41) is 4.56. The first-order chi connectivity index (χ1) is 8.13. The molecule has 0 fully saturated rings. The summed E-state index contributed by atoms with van der Waals surface area (Å²) in [6.45, 7) is 8.21. The van der Waals surface area contributed by atoms with Gasteiger partial charge in [0.1, 0.15) is 11.3 Å². The first kappa shape index (κ1) is 12.7. The molecule has 0 saturated heterocycles. The maximum absolute atomic E-state index is 5.85. The van der Waals surface area contributed by atoms with Crippen LogP contribution in [0.5, 0.6) is 0 Å². The van der Waals surface area contributed by atoms with Crippen LogP contribution in [0.1, 0.15) is 30.2 Å². The summed E-state index contributed by atoms with van der Waals surface area (Å²) in [5.74, 6) is 1.01. The van der Waals surface area contributed by atoms with E-state index in [2.05, 4.69) is 54.2 Å². The number of nitrogens with one attached hydrogen (secondary N) is 1. The van der Waals surface area contributed by atoms with Crippen LogP contribution in [0, 0.1) is 13.8 Å². The van der Waals surface area contributed by atoms with Crippen molar-refractivity contribution >= 4 is 26.9 Å². The van der Waals surface area contributed by atoms with Crippen molar-refractivity contribution in [3.05, 3.63) is 33.5 Å². The molecule has 1 heterocycles. The Morgan fingerprint density at radius 2 is 2.06 bits per heavy atom. The Morgan fingerprint density at radius 1 is 1.29 bits per heavy atom. The second-order valence-electron chi connectivity index (χ2n) is 4.43. The fraction of sp³-hybridized carbons (Fsp3) is 0.429. The Labute approximate surface area is 111 Å². The van der Waals surface area contributed by atoms with Crippen molar-refractivity contribution in [1.29, 1.82) is 0 Å². The Hall–Kier alpha value is -0.800. The average Bonchev–Trinajstić information content (AvgIpc) is 2.70. The molecule has 1 aromatic heterocycles. The lowest BCUT2D eigenvalue weighted by atomic mass is 10.1. The molecule has 0 aliphatic carbocycles. The molecule has 0 atom stereocenters. The summed E-state index contributed by atoms with van der Waals surface area (Å²) < 4.78 is 7.03. The van der Waals surface area contributed by atoms with Gasteiger partial charge in [0.25, 0.3) is 0 Å². The maximum Gasteiger partial charge on any atom is 0.134 e. The molecule has 1 aromatic carbocycles. The van der Waals surface area contributed by atoms with Gasteiger partial charge in [-0.1, -0.05) is 22.9 Å². The van der Waals surface area contributed by atoms with Gasteiger partial charge >= 0.3 is 0 Å². The fourth-order valence-electron chi connectivity index (χ4n) is 2.01. The lowest BCUT2D eigenvalue weighted by Crippen LogP contribution is -2.12. The lowest BCUT2D eigenvalue weighted by molar-refractivity contribution is 0.513. The molecule has 0 saturated carbocycles. The van der Waals surface area contributed by atoms with Crippen molar-refractivity contribution in [3.8, 4) is 0 Å². The zero-order valence-electron chi connectivity index (χ0n) is 10.6. The van der Waals surface area contributed by atoms with Crippen molar-refractivity contribution in [2.24, 2.45) is 0 Å². The van der Waals surface area contributed by atoms with E-state index in [-0.39, 0.29) is 0 Å². The Morgan fingerprint density at radius 3 is 2.76 bits per heavy atom. The Balaban J connectivity index is 2.34. The molecule has 3 heteroatoms. The summed E-state index contributed by atoms with van der Waals surface area (Å²) in [6.07, 6.45) is 1.14. The molecular formula is C14H18BrNO. The molecule has 0 spiro atoms. The van der Waals surface area contributed by atoms with Gasteiger partial charge < -0.3 is 9.73 Å². The number of furan rings is 1. The maximum atomic E-state index is 5.85. The summed E-state index contributed by atoms with van der Waals surface area (Å²) in [5.41, 5.74) is 3.46. The number of benzene rings is 1. The van der Waals surface area contributed by atoms with Crippen molar-refractivity contribution < 1.29 is 4.42 Å². The van der Waals surface area contributed by atoms with Crippen LogP contribution in [0.4, 0.5) is 0 Å². The van der Waals surface area contributed by atoms with Gasteiger partial charge in [0.05, 0.1) is 6.54 Å². The topological polar surface area (TPSA) is 25.2 Å². The van der Waals surface area contributed by atoms with Gasteiger partial charge in [-0.2, -0.15) is 0 Å². The highest BCUT2D eigenvalue weighted by molar-refractivity contribution is 9.10. The molecule has 0 aliphatic heterocycles. The van der Waals surface area contributed by atoms with Gasteiger partial charge in [-0.25, -0.2) is 0 Å². The number of aryl methyl sites for hydroxylation is 2. The monoisotopic (exact) mass is 295 g/mol. The van der Waals surface area contributed by atoms with Crippen molar-refractivity contribution in [2.45, 2.75) is 33.7 Å². The largest absolute Gasteiger partial charge is 0.460 e. The quantitative estimate of drug-likeness (QED) is 0.850. The van der Waals surface area contributed by atoms with Crippen LogP contribution in [0.15, 0.2) is 21.0 Å². The SMILES string of the molecule is CCCNCc1cc2c(C)c(Br)c(C)cc2o1. The van der Waals surface area contributed by atoms with Gasteiger partial charge in [-0.15, -0.1) is 0 Å². The number of hydrogen-bond acceptors (Lipinski definition) is 2. The van der Waals surface area contributed by atoms with Crippen LogP contribution in [-0.4, -0.2) is 6.54 Å². The van der Waals surface area contributed by atoms with E-state index >= 15 is 0 Å². The number of halogens is 1. The van der Waals surface area contributed by atoms with Crippen molar-refractivity contribution in [2.75, 3.05) is 6.54 Å². The molecule has 1 N–H and O–H groups in total. The minimum atomic E-state index is 0.804. The van der Waals surface area contributed by atoms with Crippen LogP contribution in [0.25, 0.3) is 11.0 Å². The first-order valence-electron chi connectivity index (χ1n) is 6.02. The molecule has 0 radical (unpaired) electrons. The minimum absolute atomic E-state index is 0.804. The minimum Gasteiger partial charge on any atom is -0.460 e. The smallest absolute Gasteiger partial charge is 0.134 e. The van der Waals surface area contributed by atoms with E-state index < -0.39 is 0 Å². The highest BCUT2D eigenvalue weighted by atomic mass is 79.9. The molecule has 92 valence electrons. The third kappa shape index (κ3) is 2.55.